The van der Waals surface area contributed by atoms with Crippen LogP contribution < -0.4 is 0 Å². The van der Waals surface area contributed by atoms with Crippen LogP contribution in [0.4, 0.5) is 4.39 Å². The zero-order valence-electron chi connectivity index (χ0n) is 6.02. The Kier molecular flexibility index (Phi) is 1.31. The van der Waals surface area contributed by atoms with Crippen molar-refractivity contribution >= 4 is 0 Å². The van der Waals surface area contributed by atoms with Crippen molar-refractivity contribution in [1.82, 2.24) is 4.90 Å². The molecule has 0 spiro atoms. The van der Waals surface area contributed by atoms with Crippen molar-refractivity contribution in [3.8, 4) is 0 Å². The average molecular weight is 141 g/mol. The van der Waals surface area contributed by atoms with E-state index in [0.717, 1.165) is 19.4 Å². The van der Waals surface area contributed by atoms with Crippen molar-refractivity contribution in [2.24, 2.45) is 0 Å². The SMILES string of the molecule is C=C1CC2C[C@H](F)CN2C1. The van der Waals surface area contributed by atoms with Crippen LogP contribution in [0.15, 0.2) is 12.2 Å². The summed E-state index contributed by atoms with van der Waals surface area (Å²) in [5.41, 5.74) is 1.27. The van der Waals surface area contributed by atoms with Gasteiger partial charge in [-0.1, -0.05) is 12.2 Å². The van der Waals surface area contributed by atoms with E-state index in [9.17, 15) is 4.39 Å². The Morgan fingerprint density at radius 2 is 2.40 bits per heavy atom. The number of fused-ring (bicyclic) bond motifs is 1. The summed E-state index contributed by atoms with van der Waals surface area (Å²) in [5, 5.41) is 0. The van der Waals surface area contributed by atoms with Crippen LogP contribution in [0.25, 0.3) is 0 Å². The Hall–Kier alpha value is -0.370. The number of hydrogen-bond acceptors (Lipinski definition) is 1. The fourth-order valence-corrected chi connectivity index (χ4v) is 2.01. The summed E-state index contributed by atoms with van der Waals surface area (Å²) in [6, 6.07) is 0.488. The van der Waals surface area contributed by atoms with Gasteiger partial charge in [-0.25, -0.2) is 4.39 Å². The third-order valence-electron chi connectivity index (χ3n) is 2.43. The first-order valence-electron chi connectivity index (χ1n) is 3.80. The lowest BCUT2D eigenvalue weighted by Gasteiger charge is -2.11. The van der Waals surface area contributed by atoms with Crippen molar-refractivity contribution in [3.63, 3.8) is 0 Å². The van der Waals surface area contributed by atoms with Crippen molar-refractivity contribution in [2.75, 3.05) is 13.1 Å². The summed E-state index contributed by atoms with van der Waals surface area (Å²) in [6.07, 6.45) is 1.19. The molecular weight excluding hydrogens is 129 g/mol. The maximum absolute atomic E-state index is 12.7. The molecule has 2 heterocycles. The molecule has 2 fully saturated rings. The minimum atomic E-state index is -0.571. The third-order valence-corrected chi connectivity index (χ3v) is 2.43. The molecule has 2 atom stereocenters. The molecule has 2 saturated heterocycles. The van der Waals surface area contributed by atoms with Crippen LogP contribution in [0.3, 0.4) is 0 Å². The zero-order chi connectivity index (χ0) is 7.14. The minimum Gasteiger partial charge on any atom is -0.293 e. The predicted octanol–water partition coefficient (Wildman–Crippen LogP) is 1.36. The van der Waals surface area contributed by atoms with E-state index in [2.05, 4.69) is 11.5 Å². The lowest BCUT2D eigenvalue weighted by Crippen LogP contribution is -2.22. The van der Waals surface area contributed by atoms with Gasteiger partial charge in [0.05, 0.1) is 0 Å². The Labute approximate surface area is 60.5 Å². The zero-order valence-corrected chi connectivity index (χ0v) is 6.02. The van der Waals surface area contributed by atoms with E-state index in [1.165, 1.54) is 5.57 Å². The molecule has 0 N–H and O–H groups in total. The fourth-order valence-electron chi connectivity index (χ4n) is 2.01. The standard InChI is InChI=1S/C8H12FN/c1-6-2-8-3-7(9)5-10(8)4-6/h7-8H,1-5H2/t7-,8?/m0/s1. The number of rotatable bonds is 0. The van der Waals surface area contributed by atoms with Gasteiger partial charge in [-0.3, -0.25) is 4.90 Å². The van der Waals surface area contributed by atoms with Crippen molar-refractivity contribution in [3.05, 3.63) is 12.2 Å². The van der Waals surface area contributed by atoms with E-state index < -0.39 is 6.17 Å². The second-order valence-corrected chi connectivity index (χ2v) is 3.37. The second kappa shape index (κ2) is 2.06. The highest BCUT2D eigenvalue weighted by Crippen LogP contribution is 2.31. The van der Waals surface area contributed by atoms with Crippen molar-refractivity contribution in [2.45, 2.75) is 25.1 Å². The van der Waals surface area contributed by atoms with Crippen LogP contribution in [0.1, 0.15) is 12.8 Å². The highest BCUT2D eigenvalue weighted by molar-refractivity contribution is 5.11. The van der Waals surface area contributed by atoms with Gasteiger partial charge >= 0.3 is 0 Å². The van der Waals surface area contributed by atoms with Gasteiger partial charge in [-0.2, -0.15) is 0 Å². The van der Waals surface area contributed by atoms with Gasteiger partial charge in [-0.15, -0.1) is 0 Å². The molecule has 2 heteroatoms. The Morgan fingerprint density at radius 3 is 3.10 bits per heavy atom. The molecule has 0 aromatic rings. The largest absolute Gasteiger partial charge is 0.293 e. The first kappa shape index (κ1) is 6.35. The highest BCUT2D eigenvalue weighted by Gasteiger charge is 2.36. The average Bonchev–Trinajstić information content (AvgIpc) is 2.21. The minimum absolute atomic E-state index is 0.488. The van der Waals surface area contributed by atoms with E-state index >= 15 is 0 Å². The number of nitrogens with zero attached hydrogens (tertiary/aromatic N) is 1. The van der Waals surface area contributed by atoms with Crippen LogP contribution in [-0.2, 0) is 0 Å². The van der Waals surface area contributed by atoms with E-state index in [1.54, 1.807) is 0 Å². The maximum Gasteiger partial charge on any atom is 0.114 e. The molecule has 0 amide bonds. The summed E-state index contributed by atoms with van der Waals surface area (Å²) in [7, 11) is 0. The summed E-state index contributed by atoms with van der Waals surface area (Å²) in [6.45, 7) is 5.48. The first-order valence-corrected chi connectivity index (χ1v) is 3.80. The summed E-state index contributed by atoms with van der Waals surface area (Å²) in [5.74, 6) is 0. The molecule has 0 bridgehead atoms. The summed E-state index contributed by atoms with van der Waals surface area (Å²) in [4.78, 5) is 2.20. The molecule has 0 aromatic carbocycles. The van der Waals surface area contributed by atoms with Crippen molar-refractivity contribution < 1.29 is 4.39 Å². The molecule has 0 radical (unpaired) electrons. The topological polar surface area (TPSA) is 3.24 Å². The predicted molar refractivity (Wildman–Crippen MR) is 38.6 cm³/mol. The lowest BCUT2D eigenvalue weighted by atomic mass is 10.1. The van der Waals surface area contributed by atoms with Gasteiger partial charge in [0, 0.05) is 19.1 Å². The second-order valence-electron chi connectivity index (χ2n) is 3.37. The molecule has 2 aliphatic heterocycles. The van der Waals surface area contributed by atoms with Gasteiger partial charge in [0.15, 0.2) is 0 Å². The molecule has 1 unspecified atom stereocenters. The van der Waals surface area contributed by atoms with Crippen LogP contribution in [0, 0.1) is 0 Å². The van der Waals surface area contributed by atoms with Gasteiger partial charge in [0.2, 0.25) is 0 Å². The number of alkyl halides is 1. The van der Waals surface area contributed by atoms with E-state index in [0.29, 0.717) is 12.6 Å². The smallest absolute Gasteiger partial charge is 0.114 e. The van der Waals surface area contributed by atoms with Crippen LogP contribution in [-0.4, -0.2) is 30.2 Å². The number of hydrogen-bond donors (Lipinski definition) is 0. The normalized spacial score (nSPS) is 40.7. The summed E-state index contributed by atoms with van der Waals surface area (Å²) >= 11 is 0. The van der Waals surface area contributed by atoms with Gasteiger partial charge in [0.1, 0.15) is 6.17 Å². The molecule has 0 saturated carbocycles. The molecular formula is C8H12FN. The molecule has 1 nitrogen and oxygen atoms in total. The first-order chi connectivity index (χ1) is 4.75. The van der Waals surface area contributed by atoms with Crippen molar-refractivity contribution in [1.29, 1.82) is 0 Å². The highest BCUT2D eigenvalue weighted by atomic mass is 19.1. The fraction of sp³-hybridized carbons (Fsp3) is 0.750. The van der Waals surface area contributed by atoms with E-state index in [-0.39, 0.29) is 0 Å². The van der Waals surface area contributed by atoms with Gasteiger partial charge in [-0.05, 0) is 12.8 Å². The Balaban J connectivity index is 2.06. The van der Waals surface area contributed by atoms with Gasteiger partial charge < -0.3 is 0 Å². The third kappa shape index (κ3) is 0.870. The van der Waals surface area contributed by atoms with Crippen LogP contribution >= 0.6 is 0 Å². The Bertz CT molecular complexity index is 151. The molecule has 0 aromatic heterocycles. The van der Waals surface area contributed by atoms with Crippen LogP contribution in [0.2, 0.25) is 0 Å². The Morgan fingerprint density at radius 1 is 1.60 bits per heavy atom. The lowest BCUT2D eigenvalue weighted by molar-refractivity contribution is 0.297. The van der Waals surface area contributed by atoms with E-state index in [4.69, 9.17) is 0 Å². The van der Waals surface area contributed by atoms with Gasteiger partial charge in [0.25, 0.3) is 0 Å². The quantitative estimate of drug-likeness (QED) is 0.460. The molecule has 56 valence electrons. The summed E-state index contributed by atoms with van der Waals surface area (Å²) < 4.78 is 12.7. The number of halogens is 1. The maximum atomic E-state index is 12.7. The van der Waals surface area contributed by atoms with Crippen LogP contribution in [0.5, 0.6) is 0 Å². The molecule has 0 aliphatic carbocycles. The monoisotopic (exact) mass is 141 g/mol. The van der Waals surface area contributed by atoms with E-state index in [1.807, 2.05) is 0 Å². The molecule has 2 rings (SSSR count). The molecule has 10 heavy (non-hydrogen) atoms. The molecule has 2 aliphatic rings.